The van der Waals surface area contributed by atoms with E-state index < -0.39 is 0 Å². The lowest BCUT2D eigenvalue weighted by Gasteiger charge is -2.08. The number of fused-ring (bicyclic) bond motifs is 13. The molecule has 0 aliphatic rings. The number of hydrogen-bond donors (Lipinski definition) is 0. The number of hydrogen-bond acceptors (Lipinski definition) is 3. The first-order chi connectivity index (χ1) is 22.8. The summed E-state index contributed by atoms with van der Waals surface area (Å²) in [5.74, 6) is 0. The summed E-state index contributed by atoms with van der Waals surface area (Å²) in [6, 6.07) is 48.7. The number of aromatic nitrogens is 1. The van der Waals surface area contributed by atoms with Crippen LogP contribution in [0.2, 0.25) is 0 Å². The fourth-order valence-electron chi connectivity index (χ4n) is 7.65. The van der Waals surface area contributed by atoms with E-state index in [1.54, 1.807) is 0 Å². The minimum Gasteiger partial charge on any atom is -0.456 e. The van der Waals surface area contributed by atoms with Crippen LogP contribution in [0.25, 0.3) is 104 Å². The first-order valence-electron chi connectivity index (χ1n) is 15.5. The molecule has 4 heteroatoms. The summed E-state index contributed by atoms with van der Waals surface area (Å²) >= 11 is 0. The van der Waals surface area contributed by atoms with E-state index in [-0.39, 0.29) is 0 Å². The maximum absolute atomic E-state index is 6.66. The Balaban J connectivity index is 1.18. The summed E-state index contributed by atoms with van der Waals surface area (Å²) in [6.45, 7) is 0. The summed E-state index contributed by atoms with van der Waals surface area (Å²) in [6.07, 6.45) is 0. The number of para-hydroxylation sites is 4. The van der Waals surface area contributed by atoms with E-state index in [2.05, 4.69) is 114 Å². The second kappa shape index (κ2) is 8.68. The highest BCUT2D eigenvalue weighted by molar-refractivity contribution is 6.24. The van der Waals surface area contributed by atoms with Crippen molar-refractivity contribution in [2.45, 2.75) is 0 Å². The fraction of sp³-hybridized carbons (Fsp3) is 0. The molecule has 0 spiro atoms. The highest BCUT2D eigenvalue weighted by Crippen LogP contribution is 2.44. The third-order valence-electron chi connectivity index (χ3n) is 9.61. The van der Waals surface area contributed by atoms with Crippen molar-refractivity contribution in [1.29, 1.82) is 0 Å². The Hall–Kier alpha value is -6.26. The maximum atomic E-state index is 6.66. The van der Waals surface area contributed by atoms with Gasteiger partial charge in [0.2, 0.25) is 0 Å². The van der Waals surface area contributed by atoms with Crippen LogP contribution in [0.4, 0.5) is 0 Å². The Kier molecular flexibility index (Phi) is 4.55. The standard InChI is InChI=1S/C42H23NO3/c1-4-15-33-30(10-1)40-34(21-20-29-25-9-2-5-16-35(25)46-42(29)40)43(33)24-19-22-37-32(23-24)28-14-7-13-27(41(28)45-37)26-12-8-18-38-39(26)31-11-3-6-17-36(31)44-38/h1-23H. The summed E-state index contributed by atoms with van der Waals surface area (Å²) < 4.78 is 21.7. The topological polar surface area (TPSA) is 44.4 Å². The van der Waals surface area contributed by atoms with Crippen LogP contribution < -0.4 is 0 Å². The van der Waals surface area contributed by atoms with Gasteiger partial charge < -0.3 is 17.8 Å². The van der Waals surface area contributed by atoms with E-state index in [0.29, 0.717) is 0 Å². The lowest BCUT2D eigenvalue weighted by molar-refractivity contribution is 0.668. The highest BCUT2D eigenvalue weighted by atomic mass is 16.3. The van der Waals surface area contributed by atoms with Gasteiger partial charge in [-0.3, -0.25) is 0 Å². The van der Waals surface area contributed by atoms with Crippen molar-refractivity contribution < 1.29 is 13.3 Å². The van der Waals surface area contributed by atoms with Gasteiger partial charge in [0.05, 0.1) is 16.4 Å². The lowest BCUT2D eigenvalue weighted by Crippen LogP contribution is -1.93. The summed E-state index contributed by atoms with van der Waals surface area (Å²) in [7, 11) is 0. The minimum absolute atomic E-state index is 0.857. The number of benzene rings is 7. The molecule has 0 amide bonds. The molecule has 0 saturated heterocycles. The van der Waals surface area contributed by atoms with E-state index in [9.17, 15) is 0 Å². The van der Waals surface area contributed by atoms with Gasteiger partial charge in [0.15, 0.2) is 0 Å². The van der Waals surface area contributed by atoms with Crippen molar-refractivity contribution in [3.05, 3.63) is 140 Å². The maximum Gasteiger partial charge on any atom is 0.145 e. The zero-order valence-electron chi connectivity index (χ0n) is 24.5. The van der Waals surface area contributed by atoms with Crippen LogP contribution in [0.1, 0.15) is 0 Å². The van der Waals surface area contributed by atoms with E-state index in [1.807, 2.05) is 30.3 Å². The number of rotatable bonds is 2. The lowest BCUT2D eigenvalue weighted by atomic mass is 9.97. The molecule has 0 aliphatic heterocycles. The van der Waals surface area contributed by atoms with Gasteiger partial charge in [0.1, 0.15) is 33.5 Å². The molecule has 0 atom stereocenters. The van der Waals surface area contributed by atoms with E-state index >= 15 is 0 Å². The Morgan fingerprint density at radius 3 is 1.91 bits per heavy atom. The Morgan fingerprint density at radius 2 is 1.00 bits per heavy atom. The summed E-state index contributed by atoms with van der Waals surface area (Å²) in [5.41, 5.74) is 10.8. The first-order valence-corrected chi connectivity index (χ1v) is 15.5. The van der Waals surface area contributed by atoms with Gasteiger partial charge in [0.25, 0.3) is 0 Å². The SMILES string of the molecule is c1ccc2c(c1)oc1c2ccc2c1c1ccccc1n2-c1ccc2oc3c(-c4cccc5oc6ccccc6c45)cccc3c2c1. The quantitative estimate of drug-likeness (QED) is 0.201. The van der Waals surface area contributed by atoms with Gasteiger partial charge in [-0.1, -0.05) is 84.9 Å². The van der Waals surface area contributed by atoms with Crippen LogP contribution in [0.15, 0.2) is 153 Å². The van der Waals surface area contributed by atoms with Gasteiger partial charge in [-0.15, -0.1) is 0 Å². The van der Waals surface area contributed by atoms with Gasteiger partial charge >= 0.3 is 0 Å². The predicted octanol–water partition coefficient (Wildman–Crippen LogP) is 12.1. The van der Waals surface area contributed by atoms with Crippen molar-refractivity contribution >= 4 is 87.6 Å². The molecule has 11 rings (SSSR count). The van der Waals surface area contributed by atoms with Crippen molar-refractivity contribution in [3.63, 3.8) is 0 Å². The highest BCUT2D eigenvalue weighted by Gasteiger charge is 2.21. The van der Waals surface area contributed by atoms with Crippen LogP contribution in [0, 0.1) is 0 Å². The van der Waals surface area contributed by atoms with E-state index in [1.165, 1.54) is 5.39 Å². The average Bonchev–Trinajstić information content (AvgIpc) is 3.86. The molecular formula is C42H23NO3. The van der Waals surface area contributed by atoms with Gasteiger partial charge in [-0.05, 0) is 60.2 Å². The molecular weight excluding hydrogens is 566 g/mol. The van der Waals surface area contributed by atoms with Gasteiger partial charge in [-0.25, -0.2) is 0 Å². The summed E-state index contributed by atoms with van der Waals surface area (Å²) in [5, 5.41) is 8.94. The predicted molar refractivity (Wildman–Crippen MR) is 188 cm³/mol. The second-order valence-electron chi connectivity index (χ2n) is 12.0. The molecule has 0 bridgehead atoms. The van der Waals surface area contributed by atoms with Crippen LogP contribution in [0.5, 0.6) is 0 Å². The molecule has 0 unspecified atom stereocenters. The Labute approximate surface area is 261 Å². The molecule has 4 nitrogen and oxygen atoms in total. The Bertz CT molecular complexity index is 3040. The monoisotopic (exact) mass is 589 g/mol. The third kappa shape index (κ3) is 3.07. The van der Waals surface area contributed by atoms with Crippen LogP contribution in [-0.2, 0) is 0 Å². The molecule has 46 heavy (non-hydrogen) atoms. The van der Waals surface area contributed by atoms with Gasteiger partial charge in [0, 0.05) is 49.0 Å². The van der Waals surface area contributed by atoms with Gasteiger partial charge in [-0.2, -0.15) is 0 Å². The van der Waals surface area contributed by atoms with E-state index in [0.717, 1.165) is 99.0 Å². The van der Waals surface area contributed by atoms with E-state index in [4.69, 9.17) is 13.3 Å². The number of nitrogens with zero attached hydrogens (tertiary/aromatic N) is 1. The molecule has 0 fully saturated rings. The molecule has 0 aliphatic carbocycles. The average molecular weight is 590 g/mol. The van der Waals surface area contributed by atoms with Crippen molar-refractivity contribution in [2.75, 3.05) is 0 Å². The van der Waals surface area contributed by atoms with Crippen molar-refractivity contribution in [1.82, 2.24) is 4.57 Å². The molecule has 4 heterocycles. The molecule has 214 valence electrons. The fourth-order valence-corrected chi connectivity index (χ4v) is 7.65. The molecule has 0 N–H and O–H groups in total. The van der Waals surface area contributed by atoms with Crippen LogP contribution >= 0.6 is 0 Å². The summed E-state index contributed by atoms with van der Waals surface area (Å²) in [4.78, 5) is 0. The molecule has 7 aromatic carbocycles. The van der Waals surface area contributed by atoms with Crippen molar-refractivity contribution in [2.24, 2.45) is 0 Å². The third-order valence-corrected chi connectivity index (χ3v) is 9.61. The Morgan fingerprint density at radius 1 is 0.348 bits per heavy atom. The second-order valence-corrected chi connectivity index (χ2v) is 12.0. The zero-order chi connectivity index (χ0) is 29.9. The zero-order valence-corrected chi connectivity index (χ0v) is 24.5. The molecule has 4 aromatic heterocycles. The number of furan rings is 3. The minimum atomic E-state index is 0.857. The molecule has 0 saturated carbocycles. The normalized spacial score (nSPS) is 12.3. The largest absolute Gasteiger partial charge is 0.456 e. The van der Waals surface area contributed by atoms with Crippen LogP contribution in [-0.4, -0.2) is 4.57 Å². The smallest absolute Gasteiger partial charge is 0.145 e. The van der Waals surface area contributed by atoms with Crippen LogP contribution in [0.3, 0.4) is 0 Å². The molecule has 11 aromatic rings. The van der Waals surface area contributed by atoms with Crippen molar-refractivity contribution in [3.8, 4) is 16.8 Å². The molecule has 0 radical (unpaired) electrons. The first kappa shape index (κ1) is 24.1.